The van der Waals surface area contributed by atoms with Crippen molar-refractivity contribution in [3.05, 3.63) is 93.5 Å². The minimum atomic E-state index is -0.164. The summed E-state index contributed by atoms with van der Waals surface area (Å²) in [6.45, 7) is 6.72. The second-order valence-electron chi connectivity index (χ2n) is 7.84. The molecule has 168 valence electrons. The fourth-order valence-corrected chi connectivity index (χ4v) is 3.99. The number of halogens is 1. The van der Waals surface area contributed by atoms with Crippen LogP contribution in [-0.4, -0.2) is 24.8 Å². The van der Waals surface area contributed by atoms with E-state index in [1.165, 1.54) is 10.6 Å². The molecule has 33 heavy (non-hydrogen) atoms. The number of aryl methyl sites for hydroxylation is 2. The van der Waals surface area contributed by atoms with Gasteiger partial charge < -0.3 is 9.47 Å². The van der Waals surface area contributed by atoms with Crippen molar-refractivity contribution in [2.75, 3.05) is 18.2 Å². The van der Waals surface area contributed by atoms with Crippen molar-refractivity contribution in [3.63, 3.8) is 0 Å². The molecule has 0 N–H and O–H groups in total. The molecule has 3 aromatic rings. The zero-order valence-corrected chi connectivity index (χ0v) is 20.4. The molecule has 1 aliphatic heterocycles. The fourth-order valence-electron chi connectivity index (χ4n) is 3.61. The van der Waals surface area contributed by atoms with Gasteiger partial charge >= 0.3 is 0 Å². The highest BCUT2D eigenvalue weighted by Crippen LogP contribution is 2.29. The van der Waals surface area contributed by atoms with Crippen molar-refractivity contribution >= 4 is 39.3 Å². The van der Waals surface area contributed by atoms with E-state index in [9.17, 15) is 4.79 Å². The van der Waals surface area contributed by atoms with Crippen molar-refractivity contribution < 1.29 is 14.3 Å². The number of carbonyl (C=O) groups excluding carboxylic acids is 1. The number of carbonyl (C=O) groups is 1. The van der Waals surface area contributed by atoms with Crippen LogP contribution in [0.3, 0.4) is 0 Å². The van der Waals surface area contributed by atoms with Gasteiger partial charge in [-0.1, -0.05) is 51.8 Å². The van der Waals surface area contributed by atoms with E-state index in [1.54, 1.807) is 0 Å². The van der Waals surface area contributed by atoms with Gasteiger partial charge in [0.1, 0.15) is 24.7 Å². The largest absolute Gasteiger partial charge is 0.490 e. The van der Waals surface area contributed by atoms with Crippen molar-refractivity contribution in [1.29, 1.82) is 0 Å². The third-order valence-electron chi connectivity index (χ3n) is 5.26. The van der Waals surface area contributed by atoms with Gasteiger partial charge in [0.05, 0.1) is 17.0 Å². The summed E-state index contributed by atoms with van der Waals surface area (Å²) in [5, 5.41) is 5.88. The predicted octanol–water partition coefficient (Wildman–Crippen LogP) is 6.33. The Hall–Kier alpha value is -3.38. The Morgan fingerprint density at radius 1 is 0.909 bits per heavy atom. The lowest BCUT2D eigenvalue weighted by Gasteiger charge is -2.13. The highest BCUT2D eigenvalue weighted by atomic mass is 79.9. The normalized spacial score (nSPS) is 14.5. The van der Waals surface area contributed by atoms with Crippen molar-refractivity contribution in [2.24, 2.45) is 5.10 Å². The van der Waals surface area contributed by atoms with Crippen LogP contribution in [0.2, 0.25) is 0 Å². The zero-order valence-electron chi connectivity index (χ0n) is 18.8. The predicted molar refractivity (Wildman–Crippen MR) is 136 cm³/mol. The molecule has 1 amide bonds. The first-order valence-corrected chi connectivity index (χ1v) is 11.5. The van der Waals surface area contributed by atoms with Gasteiger partial charge in [0.25, 0.3) is 5.91 Å². The topological polar surface area (TPSA) is 51.1 Å². The van der Waals surface area contributed by atoms with Gasteiger partial charge in [-0.15, -0.1) is 0 Å². The summed E-state index contributed by atoms with van der Waals surface area (Å²) in [5.74, 6) is 1.36. The van der Waals surface area contributed by atoms with Crippen LogP contribution < -0.4 is 14.5 Å². The molecule has 6 heteroatoms. The number of hydrazone groups is 1. The SMILES string of the molecule is CC1=NN(c2ccccc2)C(=O)/C1=C/c1cc(Br)ccc1OCCOc1ccc(C)cc1C. The summed E-state index contributed by atoms with van der Waals surface area (Å²) < 4.78 is 12.8. The van der Waals surface area contributed by atoms with Crippen LogP contribution in [0.1, 0.15) is 23.6 Å². The highest BCUT2D eigenvalue weighted by Gasteiger charge is 2.28. The monoisotopic (exact) mass is 504 g/mol. The maximum atomic E-state index is 13.1. The summed E-state index contributed by atoms with van der Waals surface area (Å²) in [7, 11) is 0. The number of para-hydroxylation sites is 1. The summed E-state index contributed by atoms with van der Waals surface area (Å²) in [5.41, 5.74) is 5.03. The van der Waals surface area contributed by atoms with Gasteiger partial charge in [0.15, 0.2) is 0 Å². The Morgan fingerprint density at radius 3 is 2.33 bits per heavy atom. The van der Waals surface area contributed by atoms with Crippen LogP contribution in [-0.2, 0) is 4.79 Å². The molecule has 0 fully saturated rings. The Kier molecular flexibility index (Phi) is 6.94. The number of anilines is 1. The molecular weight excluding hydrogens is 480 g/mol. The average Bonchev–Trinajstić information content (AvgIpc) is 3.08. The van der Waals surface area contributed by atoms with Gasteiger partial charge in [-0.05, 0) is 68.8 Å². The Morgan fingerprint density at radius 2 is 1.61 bits per heavy atom. The third-order valence-corrected chi connectivity index (χ3v) is 5.76. The molecule has 3 aromatic carbocycles. The summed E-state index contributed by atoms with van der Waals surface area (Å²) >= 11 is 3.52. The number of amides is 1. The lowest BCUT2D eigenvalue weighted by molar-refractivity contribution is -0.114. The molecular formula is C27H25BrN2O3. The standard InChI is InChI=1S/C27H25BrN2O3/c1-18-9-11-25(19(2)15-18)32-13-14-33-26-12-10-22(28)16-21(26)17-24-20(3)29-30(27(24)31)23-7-5-4-6-8-23/h4-12,15-17H,13-14H2,1-3H3/b24-17+. The molecule has 0 aliphatic carbocycles. The molecule has 4 rings (SSSR count). The fraction of sp³-hybridized carbons (Fsp3) is 0.185. The van der Waals surface area contributed by atoms with E-state index in [0.717, 1.165) is 27.0 Å². The number of hydrogen-bond acceptors (Lipinski definition) is 4. The molecule has 0 saturated carbocycles. The van der Waals surface area contributed by atoms with Gasteiger partial charge in [-0.25, -0.2) is 0 Å². The van der Waals surface area contributed by atoms with Gasteiger partial charge in [-0.2, -0.15) is 10.1 Å². The highest BCUT2D eigenvalue weighted by molar-refractivity contribution is 9.10. The van der Waals surface area contributed by atoms with Crippen molar-refractivity contribution in [2.45, 2.75) is 20.8 Å². The number of hydrogen-bond donors (Lipinski definition) is 0. The van der Waals surface area contributed by atoms with E-state index in [1.807, 2.05) is 80.6 Å². The Balaban J connectivity index is 1.48. The Labute approximate surface area is 202 Å². The van der Waals surface area contributed by atoms with Crippen LogP contribution >= 0.6 is 15.9 Å². The van der Waals surface area contributed by atoms with Gasteiger partial charge in [0, 0.05) is 10.0 Å². The first kappa shape index (κ1) is 22.8. The van der Waals surface area contributed by atoms with E-state index in [2.05, 4.69) is 34.0 Å². The van der Waals surface area contributed by atoms with Crippen LogP contribution in [0.4, 0.5) is 5.69 Å². The molecule has 1 aliphatic rings. The van der Waals surface area contributed by atoms with Crippen molar-refractivity contribution in [1.82, 2.24) is 0 Å². The van der Waals surface area contributed by atoms with Crippen LogP contribution in [0, 0.1) is 13.8 Å². The molecule has 0 spiro atoms. The minimum absolute atomic E-state index is 0.164. The number of benzene rings is 3. The quantitative estimate of drug-likeness (QED) is 0.279. The third kappa shape index (κ3) is 5.34. The lowest BCUT2D eigenvalue weighted by atomic mass is 10.1. The van der Waals surface area contributed by atoms with E-state index < -0.39 is 0 Å². The molecule has 0 unspecified atom stereocenters. The summed E-state index contributed by atoms with van der Waals surface area (Å²) in [6, 6.07) is 21.2. The maximum absolute atomic E-state index is 13.1. The van der Waals surface area contributed by atoms with Crippen LogP contribution in [0.25, 0.3) is 6.08 Å². The summed E-state index contributed by atoms with van der Waals surface area (Å²) in [6.07, 6.45) is 1.83. The van der Waals surface area contributed by atoms with Crippen LogP contribution in [0.5, 0.6) is 11.5 Å². The van der Waals surface area contributed by atoms with E-state index in [0.29, 0.717) is 30.2 Å². The molecule has 0 saturated heterocycles. The van der Waals surface area contributed by atoms with Crippen molar-refractivity contribution in [3.8, 4) is 11.5 Å². The number of nitrogens with zero attached hydrogens (tertiary/aromatic N) is 2. The zero-order chi connectivity index (χ0) is 23.4. The minimum Gasteiger partial charge on any atom is -0.490 e. The molecule has 1 heterocycles. The summed E-state index contributed by atoms with van der Waals surface area (Å²) in [4.78, 5) is 13.1. The molecule has 5 nitrogen and oxygen atoms in total. The average molecular weight is 505 g/mol. The maximum Gasteiger partial charge on any atom is 0.280 e. The lowest BCUT2D eigenvalue weighted by Crippen LogP contribution is -2.21. The van der Waals surface area contributed by atoms with Gasteiger partial charge in [-0.3, -0.25) is 4.79 Å². The smallest absolute Gasteiger partial charge is 0.280 e. The number of ether oxygens (including phenoxy) is 2. The van der Waals surface area contributed by atoms with Gasteiger partial charge in [0.2, 0.25) is 0 Å². The molecule has 0 atom stereocenters. The first-order valence-electron chi connectivity index (χ1n) is 10.7. The van der Waals surface area contributed by atoms with Crippen LogP contribution in [0.15, 0.2) is 81.9 Å². The molecule has 0 aromatic heterocycles. The Bertz CT molecular complexity index is 1240. The number of rotatable bonds is 7. The first-order chi connectivity index (χ1) is 15.9. The van der Waals surface area contributed by atoms with E-state index >= 15 is 0 Å². The second-order valence-corrected chi connectivity index (χ2v) is 8.76. The second kappa shape index (κ2) is 10.0. The van der Waals surface area contributed by atoms with E-state index in [4.69, 9.17) is 9.47 Å². The molecule has 0 bridgehead atoms. The molecule has 0 radical (unpaired) electrons. The van der Waals surface area contributed by atoms with E-state index in [-0.39, 0.29) is 5.91 Å².